The first-order valence-electron chi connectivity index (χ1n) is 8.80. The molecule has 0 radical (unpaired) electrons. The van der Waals surface area contributed by atoms with Crippen LogP contribution in [-0.2, 0) is 11.2 Å². The van der Waals surface area contributed by atoms with E-state index >= 15 is 0 Å². The standard InChI is InChI=1S/C21H26O5/c1-4-24-19-14-17(9-11-20(22)23)8-10-18(19)25-12-13-26-21-15(2)6-5-7-16(21)3/h5-8,10,14H,4,9,11-13H2,1-3H3,(H,22,23). The maximum atomic E-state index is 10.7. The lowest BCUT2D eigenvalue weighted by Crippen LogP contribution is -2.11. The lowest BCUT2D eigenvalue weighted by molar-refractivity contribution is -0.136. The molecule has 0 aliphatic rings. The minimum atomic E-state index is -0.813. The molecule has 0 saturated heterocycles. The molecule has 0 fully saturated rings. The lowest BCUT2D eigenvalue weighted by Gasteiger charge is -2.15. The van der Waals surface area contributed by atoms with Crippen LogP contribution in [0.4, 0.5) is 0 Å². The minimum absolute atomic E-state index is 0.0926. The fourth-order valence-corrected chi connectivity index (χ4v) is 2.67. The van der Waals surface area contributed by atoms with E-state index in [1.165, 1.54) is 0 Å². The van der Waals surface area contributed by atoms with E-state index in [9.17, 15) is 4.79 Å². The van der Waals surface area contributed by atoms with Crippen LogP contribution in [0.2, 0.25) is 0 Å². The molecule has 5 nitrogen and oxygen atoms in total. The van der Waals surface area contributed by atoms with Crippen molar-refractivity contribution in [1.82, 2.24) is 0 Å². The second-order valence-corrected chi connectivity index (χ2v) is 6.03. The normalized spacial score (nSPS) is 10.4. The molecule has 0 aliphatic heterocycles. The third-order valence-electron chi connectivity index (χ3n) is 3.93. The highest BCUT2D eigenvalue weighted by Crippen LogP contribution is 2.29. The molecule has 0 heterocycles. The van der Waals surface area contributed by atoms with Gasteiger partial charge in [0.2, 0.25) is 0 Å². The first kappa shape index (κ1) is 19.6. The zero-order valence-electron chi connectivity index (χ0n) is 15.6. The van der Waals surface area contributed by atoms with Crippen molar-refractivity contribution in [3.05, 3.63) is 53.1 Å². The van der Waals surface area contributed by atoms with Crippen LogP contribution in [0.25, 0.3) is 0 Å². The molecule has 2 aromatic carbocycles. The summed E-state index contributed by atoms with van der Waals surface area (Å²) in [6, 6.07) is 11.6. The third-order valence-corrected chi connectivity index (χ3v) is 3.93. The summed E-state index contributed by atoms with van der Waals surface area (Å²) in [6.07, 6.45) is 0.556. The van der Waals surface area contributed by atoms with E-state index in [1.807, 2.05) is 57.2 Å². The summed E-state index contributed by atoms with van der Waals surface area (Å²) in [5.41, 5.74) is 3.11. The van der Waals surface area contributed by atoms with E-state index in [0.29, 0.717) is 37.7 Å². The number of hydrogen-bond acceptors (Lipinski definition) is 4. The van der Waals surface area contributed by atoms with Crippen LogP contribution in [0.15, 0.2) is 36.4 Å². The van der Waals surface area contributed by atoms with Crippen LogP contribution in [-0.4, -0.2) is 30.9 Å². The number of rotatable bonds is 10. The van der Waals surface area contributed by atoms with E-state index in [-0.39, 0.29) is 6.42 Å². The zero-order chi connectivity index (χ0) is 18.9. The van der Waals surface area contributed by atoms with Gasteiger partial charge < -0.3 is 19.3 Å². The van der Waals surface area contributed by atoms with Gasteiger partial charge in [0.1, 0.15) is 19.0 Å². The molecular weight excluding hydrogens is 332 g/mol. The van der Waals surface area contributed by atoms with Crippen LogP contribution < -0.4 is 14.2 Å². The predicted octanol–water partition coefficient (Wildman–Crippen LogP) is 4.18. The first-order chi connectivity index (χ1) is 12.5. The zero-order valence-corrected chi connectivity index (χ0v) is 15.6. The van der Waals surface area contributed by atoms with E-state index in [2.05, 4.69) is 0 Å². The molecule has 0 spiro atoms. The summed E-state index contributed by atoms with van der Waals surface area (Å²) < 4.78 is 17.3. The van der Waals surface area contributed by atoms with Gasteiger partial charge >= 0.3 is 5.97 Å². The van der Waals surface area contributed by atoms with Crippen LogP contribution in [0.3, 0.4) is 0 Å². The largest absolute Gasteiger partial charge is 0.490 e. The Hall–Kier alpha value is -2.69. The molecule has 0 amide bonds. The fraction of sp³-hybridized carbons (Fsp3) is 0.381. The molecule has 0 saturated carbocycles. The number of carbonyl (C=O) groups is 1. The Morgan fingerprint density at radius 2 is 1.65 bits per heavy atom. The maximum absolute atomic E-state index is 10.7. The Kier molecular flexibility index (Phi) is 7.33. The van der Waals surface area contributed by atoms with Crippen molar-refractivity contribution < 1.29 is 24.1 Å². The van der Waals surface area contributed by atoms with Crippen molar-refractivity contribution in [2.24, 2.45) is 0 Å². The van der Waals surface area contributed by atoms with Crippen LogP contribution in [0, 0.1) is 13.8 Å². The van der Waals surface area contributed by atoms with Gasteiger partial charge in [-0.1, -0.05) is 24.3 Å². The average molecular weight is 358 g/mol. The third kappa shape index (κ3) is 5.69. The van der Waals surface area contributed by atoms with E-state index in [0.717, 1.165) is 22.4 Å². The highest BCUT2D eigenvalue weighted by atomic mass is 16.5. The van der Waals surface area contributed by atoms with Crippen molar-refractivity contribution in [2.75, 3.05) is 19.8 Å². The molecule has 0 aromatic heterocycles. The van der Waals surface area contributed by atoms with Gasteiger partial charge in [-0.3, -0.25) is 4.79 Å². The quantitative estimate of drug-likeness (QED) is 0.646. The Balaban J connectivity index is 1.94. The van der Waals surface area contributed by atoms with Gasteiger partial charge in [-0.15, -0.1) is 0 Å². The van der Waals surface area contributed by atoms with E-state index in [1.54, 1.807) is 0 Å². The van der Waals surface area contributed by atoms with Gasteiger partial charge in [0.25, 0.3) is 0 Å². The number of aryl methyl sites for hydroxylation is 3. The summed E-state index contributed by atoms with van der Waals surface area (Å²) in [7, 11) is 0. The maximum Gasteiger partial charge on any atom is 0.303 e. The summed E-state index contributed by atoms with van der Waals surface area (Å²) in [5, 5.41) is 8.81. The molecule has 5 heteroatoms. The van der Waals surface area contributed by atoms with Gasteiger partial charge in [-0.05, 0) is 56.0 Å². The molecule has 0 unspecified atom stereocenters. The van der Waals surface area contributed by atoms with Crippen LogP contribution >= 0.6 is 0 Å². The highest BCUT2D eigenvalue weighted by Gasteiger charge is 2.09. The number of ether oxygens (including phenoxy) is 3. The van der Waals surface area contributed by atoms with Crippen molar-refractivity contribution in [2.45, 2.75) is 33.6 Å². The summed E-state index contributed by atoms with van der Waals surface area (Å²) in [5.74, 6) is 1.34. The molecule has 1 N–H and O–H groups in total. The Labute approximate surface area is 154 Å². The smallest absolute Gasteiger partial charge is 0.303 e. The summed E-state index contributed by atoms with van der Waals surface area (Å²) in [4.78, 5) is 10.7. The second kappa shape index (κ2) is 9.70. The van der Waals surface area contributed by atoms with Gasteiger partial charge in [0, 0.05) is 6.42 Å². The topological polar surface area (TPSA) is 65.0 Å². The number of carboxylic acid groups (broad SMARTS) is 1. The van der Waals surface area contributed by atoms with Gasteiger partial charge in [-0.2, -0.15) is 0 Å². The van der Waals surface area contributed by atoms with Crippen LogP contribution in [0.5, 0.6) is 17.2 Å². The monoisotopic (exact) mass is 358 g/mol. The minimum Gasteiger partial charge on any atom is -0.490 e. The lowest BCUT2D eigenvalue weighted by atomic mass is 10.1. The molecular formula is C21H26O5. The van der Waals surface area contributed by atoms with Crippen molar-refractivity contribution in [3.8, 4) is 17.2 Å². The Bertz CT molecular complexity index is 719. The number of para-hydroxylation sites is 1. The molecule has 0 atom stereocenters. The van der Waals surface area contributed by atoms with Crippen molar-refractivity contribution in [3.63, 3.8) is 0 Å². The Morgan fingerprint density at radius 3 is 2.31 bits per heavy atom. The number of hydrogen-bond donors (Lipinski definition) is 1. The van der Waals surface area contributed by atoms with Gasteiger partial charge in [0.05, 0.1) is 6.61 Å². The molecule has 2 aromatic rings. The van der Waals surface area contributed by atoms with Crippen molar-refractivity contribution in [1.29, 1.82) is 0 Å². The van der Waals surface area contributed by atoms with Gasteiger partial charge in [0.15, 0.2) is 11.5 Å². The van der Waals surface area contributed by atoms with Crippen LogP contribution in [0.1, 0.15) is 30.0 Å². The second-order valence-electron chi connectivity index (χ2n) is 6.03. The molecule has 0 aliphatic carbocycles. The molecule has 2 rings (SSSR count). The molecule has 0 bridgehead atoms. The summed E-state index contributed by atoms with van der Waals surface area (Å²) >= 11 is 0. The van der Waals surface area contributed by atoms with Crippen molar-refractivity contribution >= 4 is 5.97 Å². The highest BCUT2D eigenvalue weighted by molar-refractivity contribution is 5.67. The predicted molar refractivity (Wildman–Crippen MR) is 100 cm³/mol. The number of benzene rings is 2. The summed E-state index contributed by atoms with van der Waals surface area (Å²) in [6.45, 7) is 7.27. The first-order valence-corrected chi connectivity index (χ1v) is 8.80. The average Bonchev–Trinajstić information content (AvgIpc) is 2.60. The Morgan fingerprint density at radius 1 is 0.962 bits per heavy atom. The van der Waals surface area contributed by atoms with E-state index in [4.69, 9.17) is 19.3 Å². The number of carboxylic acids is 1. The molecule has 140 valence electrons. The number of aliphatic carboxylic acids is 1. The fourth-order valence-electron chi connectivity index (χ4n) is 2.67. The SMILES string of the molecule is CCOc1cc(CCC(=O)O)ccc1OCCOc1c(C)cccc1C. The van der Waals surface area contributed by atoms with Gasteiger partial charge in [-0.25, -0.2) is 0 Å². The molecule has 26 heavy (non-hydrogen) atoms. The van der Waals surface area contributed by atoms with E-state index < -0.39 is 5.97 Å².